The second kappa shape index (κ2) is 6.29. The quantitative estimate of drug-likeness (QED) is 0.874. The lowest BCUT2D eigenvalue weighted by Gasteiger charge is -2.08. The molecule has 0 aliphatic carbocycles. The maximum atomic E-state index is 6.04. The maximum Gasteiger partial charge on any atom is 0.224 e. The number of nitrogens with one attached hydrogen (secondary N) is 2. The molecule has 2 rings (SSSR count). The van der Waals surface area contributed by atoms with E-state index < -0.39 is 0 Å². The summed E-state index contributed by atoms with van der Waals surface area (Å²) in [5.74, 6) is 1.12. The Morgan fingerprint density at radius 2 is 1.95 bits per heavy atom. The van der Waals surface area contributed by atoms with Crippen molar-refractivity contribution in [2.45, 2.75) is 20.4 Å². The van der Waals surface area contributed by atoms with Crippen molar-refractivity contribution in [2.75, 3.05) is 17.2 Å². The Labute approximate surface area is 116 Å². The fraction of sp³-hybridized carbons (Fsp3) is 0.333. The molecule has 0 amide bonds. The van der Waals surface area contributed by atoms with Crippen LogP contribution in [0, 0.1) is 6.92 Å². The van der Waals surface area contributed by atoms with Gasteiger partial charge in [0.2, 0.25) is 5.95 Å². The molecule has 2 aromatic heterocycles. The van der Waals surface area contributed by atoms with Crippen LogP contribution in [0.4, 0.5) is 11.8 Å². The van der Waals surface area contributed by atoms with Gasteiger partial charge < -0.3 is 10.6 Å². The van der Waals surface area contributed by atoms with Gasteiger partial charge >= 0.3 is 0 Å². The Kier molecular flexibility index (Phi) is 4.46. The van der Waals surface area contributed by atoms with E-state index in [-0.39, 0.29) is 0 Å². The molecule has 0 saturated carbocycles. The van der Waals surface area contributed by atoms with Gasteiger partial charge in [0, 0.05) is 12.7 Å². The van der Waals surface area contributed by atoms with E-state index in [1.807, 2.05) is 13.8 Å². The first-order valence-electron chi connectivity index (χ1n) is 5.97. The van der Waals surface area contributed by atoms with Gasteiger partial charge in [0.1, 0.15) is 5.02 Å². The fourth-order valence-electron chi connectivity index (χ4n) is 1.42. The molecule has 0 bridgehead atoms. The molecule has 2 heterocycles. The van der Waals surface area contributed by atoms with Crippen LogP contribution in [0.15, 0.2) is 18.6 Å². The number of halogens is 1. The number of rotatable bonds is 5. The third kappa shape index (κ3) is 3.75. The summed E-state index contributed by atoms with van der Waals surface area (Å²) >= 11 is 6.04. The monoisotopic (exact) mass is 278 g/mol. The minimum absolute atomic E-state index is 0.474. The lowest BCUT2D eigenvalue weighted by atomic mass is 10.4. The molecular weight excluding hydrogens is 264 g/mol. The Hall–Kier alpha value is -1.95. The second-order valence-electron chi connectivity index (χ2n) is 3.92. The summed E-state index contributed by atoms with van der Waals surface area (Å²) < 4.78 is 0. The van der Waals surface area contributed by atoms with Gasteiger partial charge in [-0.2, -0.15) is 4.98 Å². The average Bonchev–Trinajstić information content (AvgIpc) is 2.41. The van der Waals surface area contributed by atoms with Crippen molar-refractivity contribution in [1.82, 2.24) is 19.9 Å². The molecular formula is C12H15ClN6. The van der Waals surface area contributed by atoms with Gasteiger partial charge in [0.05, 0.1) is 30.3 Å². The first kappa shape index (κ1) is 13.5. The number of aryl methyl sites for hydroxylation is 1. The summed E-state index contributed by atoms with van der Waals surface area (Å²) in [5, 5.41) is 6.63. The molecule has 2 N–H and O–H groups in total. The van der Waals surface area contributed by atoms with Crippen LogP contribution in [0.2, 0.25) is 5.02 Å². The Balaban J connectivity index is 2.05. The van der Waals surface area contributed by atoms with Crippen molar-refractivity contribution in [2.24, 2.45) is 0 Å². The van der Waals surface area contributed by atoms with Crippen molar-refractivity contribution >= 4 is 23.4 Å². The molecule has 0 atom stereocenters. The predicted octanol–water partition coefficient (Wildman–Crippen LogP) is 2.27. The zero-order valence-electron chi connectivity index (χ0n) is 10.8. The number of anilines is 2. The molecule has 0 spiro atoms. The molecule has 0 fully saturated rings. The number of nitrogens with zero attached hydrogens (tertiary/aromatic N) is 4. The van der Waals surface area contributed by atoms with Crippen molar-refractivity contribution in [3.63, 3.8) is 0 Å². The number of hydrogen-bond donors (Lipinski definition) is 2. The average molecular weight is 279 g/mol. The van der Waals surface area contributed by atoms with E-state index in [1.54, 1.807) is 18.6 Å². The van der Waals surface area contributed by atoms with Crippen molar-refractivity contribution in [1.29, 1.82) is 0 Å². The summed E-state index contributed by atoms with van der Waals surface area (Å²) in [6.45, 7) is 5.14. The van der Waals surface area contributed by atoms with E-state index in [0.29, 0.717) is 23.3 Å². The lowest BCUT2D eigenvalue weighted by molar-refractivity contribution is 0.971. The molecule has 2 aromatic rings. The summed E-state index contributed by atoms with van der Waals surface area (Å²) in [6, 6.07) is 0. The van der Waals surface area contributed by atoms with E-state index in [1.165, 1.54) is 0 Å². The van der Waals surface area contributed by atoms with E-state index in [4.69, 9.17) is 11.6 Å². The third-order valence-electron chi connectivity index (χ3n) is 2.35. The minimum Gasteiger partial charge on any atom is -0.363 e. The molecule has 7 heteroatoms. The molecule has 100 valence electrons. The SMILES string of the molecule is CCNc1ncc(Cl)c(NCc2cnc(C)cn2)n1. The van der Waals surface area contributed by atoms with Gasteiger partial charge in [-0.25, -0.2) is 4.98 Å². The van der Waals surface area contributed by atoms with Crippen LogP contribution in [0.3, 0.4) is 0 Å². The fourth-order valence-corrected chi connectivity index (χ4v) is 1.58. The summed E-state index contributed by atoms with van der Waals surface area (Å²) in [6.07, 6.45) is 5.01. The molecule has 0 radical (unpaired) electrons. The normalized spacial score (nSPS) is 10.3. The lowest BCUT2D eigenvalue weighted by Crippen LogP contribution is -2.08. The topological polar surface area (TPSA) is 75.6 Å². The highest BCUT2D eigenvalue weighted by Crippen LogP contribution is 2.19. The highest BCUT2D eigenvalue weighted by atomic mass is 35.5. The Morgan fingerprint density at radius 3 is 2.63 bits per heavy atom. The van der Waals surface area contributed by atoms with E-state index >= 15 is 0 Å². The van der Waals surface area contributed by atoms with Gasteiger partial charge in [-0.15, -0.1) is 0 Å². The van der Waals surface area contributed by atoms with E-state index in [0.717, 1.165) is 17.9 Å². The van der Waals surface area contributed by atoms with E-state index in [2.05, 4.69) is 30.6 Å². The summed E-state index contributed by atoms with van der Waals surface area (Å²) in [4.78, 5) is 16.8. The number of hydrogen-bond acceptors (Lipinski definition) is 6. The van der Waals surface area contributed by atoms with Gasteiger partial charge in [-0.1, -0.05) is 11.6 Å². The zero-order chi connectivity index (χ0) is 13.7. The summed E-state index contributed by atoms with van der Waals surface area (Å²) in [5.41, 5.74) is 1.71. The predicted molar refractivity (Wildman–Crippen MR) is 75.3 cm³/mol. The molecule has 0 aliphatic heterocycles. The smallest absolute Gasteiger partial charge is 0.224 e. The van der Waals surface area contributed by atoms with Crippen LogP contribution >= 0.6 is 11.6 Å². The van der Waals surface area contributed by atoms with Crippen LogP contribution in [-0.2, 0) is 6.54 Å². The molecule has 6 nitrogen and oxygen atoms in total. The van der Waals surface area contributed by atoms with Gasteiger partial charge in [-0.05, 0) is 13.8 Å². The second-order valence-corrected chi connectivity index (χ2v) is 4.33. The first-order chi connectivity index (χ1) is 9.19. The van der Waals surface area contributed by atoms with Gasteiger partial charge in [0.25, 0.3) is 0 Å². The standard InChI is InChI=1S/C12H15ClN6/c1-3-14-12-18-7-10(13)11(19-12)17-6-9-5-15-8(2)4-16-9/h4-5,7H,3,6H2,1-2H3,(H2,14,17,18,19). The molecule has 19 heavy (non-hydrogen) atoms. The minimum atomic E-state index is 0.474. The first-order valence-corrected chi connectivity index (χ1v) is 6.34. The molecule has 0 unspecified atom stereocenters. The van der Waals surface area contributed by atoms with Crippen LogP contribution < -0.4 is 10.6 Å². The van der Waals surface area contributed by atoms with Gasteiger partial charge in [-0.3, -0.25) is 9.97 Å². The highest BCUT2D eigenvalue weighted by molar-refractivity contribution is 6.32. The Bertz CT molecular complexity index is 542. The highest BCUT2D eigenvalue weighted by Gasteiger charge is 2.05. The van der Waals surface area contributed by atoms with E-state index in [9.17, 15) is 0 Å². The maximum absolute atomic E-state index is 6.04. The van der Waals surface area contributed by atoms with Crippen LogP contribution in [0.1, 0.15) is 18.3 Å². The van der Waals surface area contributed by atoms with Crippen molar-refractivity contribution in [3.8, 4) is 0 Å². The zero-order valence-corrected chi connectivity index (χ0v) is 11.6. The molecule has 0 saturated heterocycles. The Morgan fingerprint density at radius 1 is 1.11 bits per heavy atom. The molecule has 0 aromatic carbocycles. The van der Waals surface area contributed by atoms with Crippen LogP contribution in [-0.4, -0.2) is 26.5 Å². The number of aromatic nitrogens is 4. The third-order valence-corrected chi connectivity index (χ3v) is 2.63. The largest absolute Gasteiger partial charge is 0.363 e. The van der Waals surface area contributed by atoms with Gasteiger partial charge in [0.15, 0.2) is 5.82 Å². The van der Waals surface area contributed by atoms with Crippen LogP contribution in [0.25, 0.3) is 0 Å². The summed E-state index contributed by atoms with van der Waals surface area (Å²) in [7, 11) is 0. The van der Waals surface area contributed by atoms with Crippen LogP contribution in [0.5, 0.6) is 0 Å². The van der Waals surface area contributed by atoms with Crippen molar-refractivity contribution < 1.29 is 0 Å². The molecule has 0 aliphatic rings. The van der Waals surface area contributed by atoms with Crippen molar-refractivity contribution in [3.05, 3.63) is 35.0 Å².